The van der Waals surface area contributed by atoms with Crippen molar-refractivity contribution in [3.63, 3.8) is 0 Å². The minimum atomic E-state index is -0.0755. The van der Waals surface area contributed by atoms with Crippen molar-refractivity contribution in [1.29, 1.82) is 0 Å². The largest absolute Gasteiger partial charge is 0.477 e. The lowest BCUT2D eigenvalue weighted by Gasteiger charge is -2.09. The average Bonchev–Trinajstić information content (AvgIpc) is 2.77. The number of ether oxygens (including phenoxy) is 1. The number of nitrogens with one attached hydrogen (secondary N) is 2. The van der Waals surface area contributed by atoms with Gasteiger partial charge < -0.3 is 15.4 Å². The number of rotatable bonds is 7. The highest BCUT2D eigenvalue weighted by Crippen LogP contribution is 2.12. The Morgan fingerprint density at radius 2 is 1.41 bits per heavy atom. The van der Waals surface area contributed by atoms with Gasteiger partial charge in [-0.1, -0.05) is 55.4 Å². The summed E-state index contributed by atoms with van der Waals surface area (Å²) in [7, 11) is 0. The molecule has 0 aliphatic rings. The summed E-state index contributed by atoms with van der Waals surface area (Å²) in [6.07, 6.45) is 6.24. The normalized spacial score (nSPS) is 10.0. The fourth-order valence-corrected chi connectivity index (χ4v) is 1.86. The Labute approximate surface area is 191 Å². The molecule has 0 radical (unpaired) electrons. The average molecular weight is 447 g/mol. The smallest absolute Gasteiger partial charge is 0.232 e. The van der Waals surface area contributed by atoms with Crippen molar-refractivity contribution in [3.8, 4) is 5.88 Å². The second-order valence-corrected chi connectivity index (χ2v) is 7.44. The van der Waals surface area contributed by atoms with Crippen molar-refractivity contribution >= 4 is 23.5 Å². The van der Waals surface area contributed by atoms with Gasteiger partial charge in [0.25, 0.3) is 0 Å². The van der Waals surface area contributed by atoms with Crippen molar-refractivity contribution in [2.24, 2.45) is 11.8 Å². The van der Waals surface area contributed by atoms with Gasteiger partial charge in [-0.25, -0.2) is 15.0 Å². The van der Waals surface area contributed by atoms with E-state index in [2.05, 4.69) is 30.6 Å². The predicted octanol–water partition coefficient (Wildman–Crippen LogP) is 4.69. The van der Waals surface area contributed by atoms with Crippen LogP contribution >= 0.6 is 0 Å². The van der Waals surface area contributed by atoms with E-state index < -0.39 is 0 Å². The maximum absolute atomic E-state index is 11.4. The minimum absolute atomic E-state index is 0.0368. The Morgan fingerprint density at radius 1 is 0.844 bits per heavy atom. The second kappa shape index (κ2) is 15.7. The topological polar surface area (TPSA) is 119 Å². The first-order valence-corrected chi connectivity index (χ1v) is 11.0. The van der Waals surface area contributed by atoms with Crippen molar-refractivity contribution in [2.45, 2.75) is 68.2 Å². The highest BCUT2D eigenvalue weighted by atomic mass is 16.5. The maximum Gasteiger partial charge on any atom is 0.232 e. The number of hydrogen-bond acceptors (Lipinski definition) is 7. The Hall–Kier alpha value is -3.10. The van der Waals surface area contributed by atoms with E-state index in [9.17, 15) is 9.59 Å². The summed E-state index contributed by atoms with van der Waals surface area (Å²) in [5.41, 5.74) is 0.886. The molecule has 0 bridgehead atoms. The summed E-state index contributed by atoms with van der Waals surface area (Å²) in [5, 5.41) is 5.37. The lowest BCUT2D eigenvalue weighted by molar-refractivity contribution is -0.119. The Bertz CT molecular complexity index is 808. The molecule has 178 valence electrons. The van der Waals surface area contributed by atoms with Crippen LogP contribution in [-0.4, -0.2) is 38.4 Å². The highest BCUT2D eigenvalue weighted by Gasteiger charge is 2.09. The summed E-state index contributed by atoms with van der Waals surface area (Å²) >= 11 is 0. The lowest BCUT2D eigenvalue weighted by atomic mass is 10.1. The quantitative estimate of drug-likeness (QED) is 0.633. The Morgan fingerprint density at radius 3 is 1.84 bits per heavy atom. The van der Waals surface area contributed by atoms with Crippen LogP contribution in [0.15, 0.2) is 24.8 Å². The van der Waals surface area contributed by atoms with Crippen LogP contribution in [0.4, 0.5) is 11.6 Å². The van der Waals surface area contributed by atoms with Gasteiger partial charge in [0.15, 0.2) is 11.6 Å². The fourth-order valence-electron chi connectivity index (χ4n) is 1.86. The number of amides is 2. The SMILES string of the molecule is CC.CC(C)C(=O)Nc1cncc(C(C)C)n1.CCOc1cnc(NC(=O)C(C)C)cn1. The van der Waals surface area contributed by atoms with E-state index in [0.717, 1.165) is 5.69 Å². The first-order valence-electron chi connectivity index (χ1n) is 11.0. The van der Waals surface area contributed by atoms with E-state index >= 15 is 0 Å². The lowest BCUT2D eigenvalue weighted by Crippen LogP contribution is -2.19. The number of aromatic nitrogens is 4. The molecule has 2 N–H and O–H groups in total. The molecule has 0 saturated heterocycles. The van der Waals surface area contributed by atoms with Crippen LogP contribution in [0.1, 0.15) is 73.9 Å². The third-order valence-electron chi connectivity index (χ3n) is 3.72. The Balaban J connectivity index is 0.000000557. The molecule has 2 aromatic rings. The standard InChI is InChI=1S/C11H17N3O.C10H15N3O2.C2H6/c1-7(2)9-5-12-6-10(13-9)14-11(15)8(3)4;1-4-15-9-6-11-8(5-12-9)13-10(14)7(2)3;1-2/h5-8H,1-4H3,(H,13,14,15);5-7H,4H2,1-3H3,(H,11,13,14);1-2H3. The zero-order valence-corrected chi connectivity index (χ0v) is 20.8. The van der Waals surface area contributed by atoms with E-state index in [-0.39, 0.29) is 23.7 Å². The second-order valence-electron chi connectivity index (χ2n) is 7.44. The third kappa shape index (κ3) is 11.3. The number of carbonyl (C=O) groups excluding carboxylic acids is 2. The summed E-state index contributed by atoms with van der Waals surface area (Å²) < 4.78 is 5.13. The van der Waals surface area contributed by atoms with Crippen LogP contribution in [0.3, 0.4) is 0 Å². The molecule has 0 saturated carbocycles. The van der Waals surface area contributed by atoms with Gasteiger partial charge in [0, 0.05) is 18.0 Å². The molecule has 0 unspecified atom stereocenters. The number of nitrogens with zero attached hydrogens (tertiary/aromatic N) is 4. The van der Waals surface area contributed by atoms with Gasteiger partial charge in [-0.05, 0) is 12.8 Å². The molecule has 2 amide bonds. The molecule has 0 atom stereocenters. The van der Waals surface area contributed by atoms with Gasteiger partial charge in [0.2, 0.25) is 17.7 Å². The van der Waals surface area contributed by atoms with Crippen LogP contribution < -0.4 is 15.4 Å². The summed E-state index contributed by atoms with van der Waals surface area (Å²) in [5.74, 6) is 1.51. The zero-order valence-electron chi connectivity index (χ0n) is 20.8. The molecule has 0 fully saturated rings. The minimum Gasteiger partial charge on any atom is -0.477 e. The molecular formula is C23H38N6O3. The van der Waals surface area contributed by atoms with Gasteiger partial charge in [0.1, 0.15) is 0 Å². The number of hydrogen-bond donors (Lipinski definition) is 2. The van der Waals surface area contributed by atoms with Gasteiger partial charge in [-0.3, -0.25) is 14.6 Å². The van der Waals surface area contributed by atoms with Crippen molar-refractivity contribution in [3.05, 3.63) is 30.5 Å². The molecule has 0 aromatic carbocycles. The van der Waals surface area contributed by atoms with Gasteiger partial charge in [-0.2, -0.15) is 0 Å². The molecule has 0 aliphatic carbocycles. The van der Waals surface area contributed by atoms with Crippen LogP contribution in [0.25, 0.3) is 0 Å². The van der Waals surface area contributed by atoms with Gasteiger partial charge in [-0.15, -0.1) is 0 Å². The monoisotopic (exact) mass is 446 g/mol. The molecule has 2 rings (SSSR count). The first-order chi connectivity index (χ1) is 15.1. The molecule has 9 heteroatoms. The molecular weight excluding hydrogens is 408 g/mol. The van der Waals surface area contributed by atoms with Crippen LogP contribution in [0.2, 0.25) is 0 Å². The summed E-state index contributed by atoms with van der Waals surface area (Å²) in [6.45, 7) is 17.8. The van der Waals surface area contributed by atoms with Crippen LogP contribution in [0.5, 0.6) is 5.88 Å². The molecule has 0 spiro atoms. The van der Waals surface area contributed by atoms with Crippen molar-refractivity contribution < 1.29 is 14.3 Å². The predicted molar refractivity (Wildman–Crippen MR) is 128 cm³/mol. The van der Waals surface area contributed by atoms with Crippen LogP contribution in [-0.2, 0) is 9.59 Å². The van der Waals surface area contributed by atoms with Gasteiger partial charge >= 0.3 is 0 Å². The van der Waals surface area contributed by atoms with Crippen molar-refractivity contribution in [1.82, 2.24) is 19.9 Å². The number of anilines is 2. The maximum atomic E-state index is 11.4. The first kappa shape index (κ1) is 28.9. The summed E-state index contributed by atoms with van der Waals surface area (Å²) in [4.78, 5) is 39.1. The molecule has 0 aliphatic heterocycles. The highest BCUT2D eigenvalue weighted by molar-refractivity contribution is 5.91. The molecule has 2 aromatic heterocycles. The van der Waals surface area contributed by atoms with E-state index in [0.29, 0.717) is 30.0 Å². The molecule has 2 heterocycles. The third-order valence-corrected chi connectivity index (χ3v) is 3.72. The van der Waals surface area contributed by atoms with Crippen LogP contribution in [0, 0.1) is 11.8 Å². The molecule has 32 heavy (non-hydrogen) atoms. The molecule has 9 nitrogen and oxygen atoms in total. The summed E-state index contributed by atoms with van der Waals surface area (Å²) in [6, 6.07) is 0. The van der Waals surface area contributed by atoms with Gasteiger partial charge in [0.05, 0.1) is 30.9 Å². The van der Waals surface area contributed by atoms with E-state index in [1.54, 1.807) is 12.4 Å². The van der Waals surface area contributed by atoms with E-state index in [1.165, 1.54) is 12.4 Å². The Kier molecular flexibility index (Phi) is 14.1. The fraction of sp³-hybridized carbons (Fsp3) is 0.565. The van der Waals surface area contributed by atoms with Crippen molar-refractivity contribution in [2.75, 3.05) is 17.2 Å². The van der Waals surface area contributed by atoms with E-state index in [4.69, 9.17) is 4.74 Å². The number of carbonyl (C=O) groups is 2. The zero-order chi connectivity index (χ0) is 24.7. The van der Waals surface area contributed by atoms with E-state index in [1.807, 2.05) is 62.3 Å².